The normalized spacial score (nSPS) is 20.7. The second kappa shape index (κ2) is 5.91. The predicted octanol–water partition coefficient (Wildman–Crippen LogP) is -0.242. The van der Waals surface area contributed by atoms with Crippen molar-refractivity contribution >= 4 is 21.7 Å². The van der Waals surface area contributed by atoms with Crippen LogP contribution in [0.15, 0.2) is 29.4 Å². The Kier molecular flexibility index (Phi) is 4.36. The maximum atomic E-state index is 12.5. The van der Waals surface area contributed by atoms with Crippen molar-refractivity contribution in [3.63, 3.8) is 0 Å². The highest BCUT2D eigenvalue weighted by Crippen LogP contribution is 2.29. The molecule has 1 aromatic heterocycles. The summed E-state index contributed by atoms with van der Waals surface area (Å²) in [4.78, 5) is 24.7. The maximum absolute atomic E-state index is 12.5. The number of pyridine rings is 1. The number of nitrogens with two attached hydrogens (primary N) is 1. The average molecular weight is 326 g/mol. The van der Waals surface area contributed by atoms with E-state index in [0.717, 1.165) is 17.2 Å². The third-order valence-corrected chi connectivity index (χ3v) is 5.56. The number of Topliss-reactive ketones (excluding diaryl/α,β-unsaturated/α-hetero) is 1. The molecule has 0 aliphatic carbocycles. The van der Waals surface area contributed by atoms with E-state index in [9.17, 15) is 23.2 Å². The van der Waals surface area contributed by atoms with E-state index in [0.29, 0.717) is 0 Å². The van der Waals surface area contributed by atoms with Crippen LogP contribution in [-0.4, -0.2) is 37.7 Å². The van der Waals surface area contributed by atoms with Gasteiger partial charge >= 0.3 is 11.1 Å². The molecule has 0 aromatic carbocycles. The fourth-order valence-electron chi connectivity index (χ4n) is 2.36. The zero-order chi connectivity index (χ0) is 16.5. The molecule has 1 aliphatic rings. The first-order valence-electron chi connectivity index (χ1n) is 6.63. The van der Waals surface area contributed by atoms with Gasteiger partial charge in [0.15, 0.2) is 17.2 Å². The Morgan fingerprint density at radius 1 is 1.45 bits per heavy atom. The zero-order valence-corrected chi connectivity index (χ0v) is 12.7. The van der Waals surface area contributed by atoms with Gasteiger partial charge in [-0.25, -0.2) is 13.2 Å². The molecule has 0 bridgehead atoms. The van der Waals surface area contributed by atoms with Gasteiger partial charge in [0.25, 0.3) is 9.84 Å². The standard InChI is InChI=1S/C13H16N3O5S/c1-9-5-6-11(10(17)8-15(9)13(14)18)22(20,21)12-4-2-3-7-16(12)19/h2-4,7,9H,5-6,8H2,1H3,(H2,14,18)/t9-/m1/s1. The lowest BCUT2D eigenvalue weighted by molar-refractivity contribution is -0.646. The van der Waals surface area contributed by atoms with Gasteiger partial charge in [-0.1, -0.05) is 0 Å². The molecule has 0 spiro atoms. The summed E-state index contributed by atoms with van der Waals surface area (Å²) >= 11 is 0. The van der Waals surface area contributed by atoms with Crippen molar-refractivity contribution in [3.05, 3.63) is 34.9 Å². The highest BCUT2D eigenvalue weighted by molar-refractivity contribution is 7.95. The number of sulfone groups is 1. The number of rotatable bonds is 2. The summed E-state index contributed by atoms with van der Waals surface area (Å²) in [5.41, 5.74) is 5.20. The van der Waals surface area contributed by atoms with Crippen molar-refractivity contribution in [2.45, 2.75) is 30.8 Å². The fourth-order valence-corrected chi connectivity index (χ4v) is 3.92. The summed E-state index contributed by atoms with van der Waals surface area (Å²) in [6, 6.07) is 2.80. The monoisotopic (exact) mass is 326 g/mol. The Hall–Kier alpha value is -2.16. The molecule has 0 saturated carbocycles. The first-order valence-corrected chi connectivity index (χ1v) is 8.12. The molecule has 1 aliphatic heterocycles. The number of primary amides is 1. The number of ketones is 1. The van der Waals surface area contributed by atoms with Crippen LogP contribution < -0.4 is 10.5 Å². The third kappa shape index (κ3) is 2.89. The predicted molar refractivity (Wildman–Crippen MR) is 75.8 cm³/mol. The van der Waals surface area contributed by atoms with E-state index in [1.54, 1.807) is 6.92 Å². The lowest BCUT2D eigenvalue weighted by Crippen LogP contribution is -2.44. The summed E-state index contributed by atoms with van der Waals surface area (Å²) in [5.74, 6) is -0.716. The van der Waals surface area contributed by atoms with Gasteiger partial charge in [-0.05, 0) is 25.8 Å². The number of aromatic nitrogens is 1. The van der Waals surface area contributed by atoms with Gasteiger partial charge in [0.2, 0.25) is 0 Å². The summed E-state index contributed by atoms with van der Waals surface area (Å²) in [5, 5.41) is 10.8. The van der Waals surface area contributed by atoms with Crippen LogP contribution in [0.1, 0.15) is 19.8 Å². The van der Waals surface area contributed by atoms with Crippen LogP contribution in [0, 0.1) is 10.5 Å². The van der Waals surface area contributed by atoms with Crippen LogP contribution in [0.4, 0.5) is 4.79 Å². The molecule has 2 heterocycles. The summed E-state index contributed by atoms with van der Waals surface area (Å²) in [6.07, 6.45) is 1.28. The minimum atomic E-state index is -4.20. The maximum Gasteiger partial charge on any atom is 0.315 e. The number of amides is 2. The van der Waals surface area contributed by atoms with Gasteiger partial charge in [0.05, 0.1) is 6.54 Å². The Morgan fingerprint density at radius 3 is 2.73 bits per heavy atom. The van der Waals surface area contributed by atoms with E-state index in [-0.39, 0.29) is 28.9 Å². The Balaban J connectivity index is 2.38. The summed E-state index contributed by atoms with van der Waals surface area (Å²) in [7, 11) is -4.20. The van der Waals surface area contributed by atoms with Gasteiger partial charge in [-0.15, -0.1) is 0 Å². The quantitative estimate of drug-likeness (QED) is 0.593. The SMILES string of the molecule is C[C@@H]1CC[C](S(=O)(=O)c2cccc[n+]2[O-])C(=O)CN1C(N)=O. The number of hydrogen-bond donors (Lipinski definition) is 1. The molecule has 1 atom stereocenters. The fraction of sp³-hybridized carbons (Fsp3) is 0.385. The molecule has 1 saturated heterocycles. The largest absolute Gasteiger partial charge is 0.618 e. The highest BCUT2D eigenvalue weighted by atomic mass is 32.2. The lowest BCUT2D eigenvalue weighted by Gasteiger charge is -2.23. The Morgan fingerprint density at radius 2 is 2.14 bits per heavy atom. The van der Waals surface area contributed by atoms with E-state index in [1.807, 2.05) is 0 Å². The molecule has 8 nitrogen and oxygen atoms in total. The second-order valence-electron chi connectivity index (χ2n) is 5.07. The number of urea groups is 1. The molecule has 0 unspecified atom stereocenters. The van der Waals surface area contributed by atoms with E-state index in [4.69, 9.17) is 5.73 Å². The minimum Gasteiger partial charge on any atom is -0.618 e. The van der Waals surface area contributed by atoms with Crippen LogP contribution in [0.5, 0.6) is 0 Å². The van der Waals surface area contributed by atoms with Crippen molar-refractivity contribution in [1.29, 1.82) is 0 Å². The zero-order valence-electron chi connectivity index (χ0n) is 11.9. The molecule has 1 radical (unpaired) electrons. The molecule has 119 valence electrons. The first-order chi connectivity index (χ1) is 10.2. The van der Waals surface area contributed by atoms with Gasteiger partial charge in [-0.3, -0.25) is 4.79 Å². The van der Waals surface area contributed by atoms with E-state index < -0.39 is 33.2 Å². The minimum absolute atomic E-state index is 0.0407. The van der Waals surface area contributed by atoms with Crippen LogP contribution in [0.2, 0.25) is 0 Å². The van der Waals surface area contributed by atoms with Crippen LogP contribution in [0.25, 0.3) is 0 Å². The van der Waals surface area contributed by atoms with Crippen molar-refractivity contribution in [1.82, 2.24) is 4.90 Å². The number of hydrogen-bond acceptors (Lipinski definition) is 5. The van der Waals surface area contributed by atoms with E-state index in [1.165, 1.54) is 12.1 Å². The summed E-state index contributed by atoms with van der Waals surface area (Å²) < 4.78 is 25.3. The van der Waals surface area contributed by atoms with Crippen LogP contribution in [0.3, 0.4) is 0 Å². The molecule has 2 rings (SSSR count). The van der Waals surface area contributed by atoms with Crippen molar-refractivity contribution in [2.75, 3.05) is 6.54 Å². The second-order valence-corrected chi connectivity index (χ2v) is 6.99. The van der Waals surface area contributed by atoms with Crippen LogP contribution in [-0.2, 0) is 14.6 Å². The Labute approximate surface area is 128 Å². The number of carbonyl (C=O) groups is 2. The smallest absolute Gasteiger partial charge is 0.315 e. The van der Waals surface area contributed by atoms with Gasteiger partial charge < -0.3 is 15.8 Å². The van der Waals surface area contributed by atoms with Gasteiger partial charge in [0.1, 0.15) is 0 Å². The third-order valence-electron chi connectivity index (χ3n) is 3.62. The number of nitrogens with zero attached hydrogens (tertiary/aromatic N) is 2. The molecular weight excluding hydrogens is 310 g/mol. The molecule has 22 heavy (non-hydrogen) atoms. The molecule has 1 aromatic rings. The van der Waals surface area contributed by atoms with Crippen molar-refractivity contribution in [2.24, 2.45) is 5.73 Å². The molecule has 1 fully saturated rings. The molecule has 2 amide bonds. The van der Waals surface area contributed by atoms with Crippen LogP contribution >= 0.6 is 0 Å². The van der Waals surface area contributed by atoms with Crippen molar-refractivity contribution in [3.8, 4) is 0 Å². The number of carbonyl (C=O) groups excluding carboxylic acids is 2. The highest BCUT2D eigenvalue weighted by Gasteiger charge is 2.43. The average Bonchev–Trinajstić information content (AvgIpc) is 2.58. The van der Waals surface area contributed by atoms with Gasteiger partial charge in [-0.2, -0.15) is 4.73 Å². The van der Waals surface area contributed by atoms with Crippen molar-refractivity contribution < 1.29 is 22.7 Å². The van der Waals surface area contributed by atoms with E-state index in [2.05, 4.69) is 0 Å². The summed E-state index contributed by atoms with van der Waals surface area (Å²) in [6.45, 7) is 1.28. The molecular formula is C13H16N3O5S. The first kappa shape index (κ1) is 16.2. The molecule has 2 N–H and O–H groups in total. The van der Waals surface area contributed by atoms with Gasteiger partial charge in [0, 0.05) is 18.2 Å². The van der Waals surface area contributed by atoms with E-state index >= 15 is 0 Å². The molecule has 9 heteroatoms. The topological polar surface area (TPSA) is 124 Å². The number of likely N-dealkylation sites (tertiary alicyclic amines) is 1. The Bertz CT molecular complexity index is 703. The lowest BCUT2D eigenvalue weighted by atomic mass is 10.1.